The van der Waals surface area contributed by atoms with Crippen molar-refractivity contribution < 1.29 is 23.3 Å². The van der Waals surface area contributed by atoms with Crippen LogP contribution in [0, 0.1) is 17.0 Å². The largest absolute Gasteiger partial charge is 0.457 e. The molecule has 1 aliphatic heterocycles. The van der Waals surface area contributed by atoms with E-state index >= 15 is 0 Å². The van der Waals surface area contributed by atoms with Crippen molar-refractivity contribution in [3.05, 3.63) is 118 Å². The van der Waals surface area contributed by atoms with Gasteiger partial charge in [0.1, 0.15) is 17.1 Å². The van der Waals surface area contributed by atoms with Gasteiger partial charge in [-0.25, -0.2) is 0 Å². The summed E-state index contributed by atoms with van der Waals surface area (Å²) in [6.07, 6.45) is 2.96. The Labute approximate surface area is 247 Å². The molecule has 0 bridgehead atoms. The van der Waals surface area contributed by atoms with Crippen LogP contribution < -0.4 is 10.2 Å². The Bertz CT molecular complexity index is 1810. The van der Waals surface area contributed by atoms with Gasteiger partial charge in [0.05, 0.1) is 4.92 Å². The van der Waals surface area contributed by atoms with Crippen molar-refractivity contribution in [3.8, 4) is 11.3 Å². The quantitative estimate of drug-likeness (QED) is 0.133. The molecular formula is C33H28N4O6. The Morgan fingerprint density at radius 2 is 1.67 bits per heavy atom. The molecule has 3 heterocycles. The van der Waals surface area contributed by atoms with E-state index in [0.717, 1.165) is 22.2 Å². The predicted octanol–water partition coefficient (Wildman–Crippen LogP) is 6.52. The number of nitro groups is 1. The molecule has 1 aliphatic rings. The minimum absolute atomic E-state index is 0.0202. The molecule has 0 radical (unpaired) electrons. The van der Waals surface area contributed by atoms with Crippen molar-refractivity contribution in [2.75, 3.05) is 36.4 Å². The number of anilines is 2. The van der Waals surface area contributed by atoms with E-state index in [1.165, 1.54) is 18.2 Å². The molecule has 2 amide bonds. The number of aryl methyl sites for hydroxylation is 1. The molecular weight excluding hydrogens is 548 g/mol. The minimum Gasteiger partial charge on any atom is -0.457 e. The van der Waals surface area contributed by atoms with Crippen LogP contribution in [0.25, 0.3) is 28.4 Å². The topological polar surface area (TPSA) is 122 Å². The maximum Gasteiger partial charge on any atom is 0.289 e. The zero-order valence-corrected chi connectivity index (χ0v) is 23.4. The molecule has 216 valence electrons. The first-order valence-corrected chi connectivity index (χ1v) is 13.8. The first-order chi connectivity index (χ1) is 20.8. The van der Waals surface area contributed by atoms with Gasteiger partial charge in [0.2, 0.25) is 5.91 Å². The zero-order chi connectivity index (χ0) is 29.9. The van der Waals surface area contributed by atoms with Crippen LogP contribution in [0.2, 0.25) is 0 Å². The van der Waals surface area contributed by atoms with Crippen LogP contribution in [0.3, 0.4) is 0 Å². The molecule has 1 N–H and O–H groups in total. The average Bonchev–Trinajstić information content (AvgIpc) is 3.68. The highest BCUT2D eigenvalue weighted by Gasteiger charge is 2.24. The number of benzene rings is 3. The number of amides is 2. The lowest BCUT2D eigenvalue weighted by atomic mass is 10.1. The Balaban J connectivity index is 1.01. The lowest BCUT2D eigenvalue weighted by Crippen LogP contribution is -2.48. The second kappa shape index (κ2) is 11.7. The van der Waals surface area contributed by atoms with Gasteiger partial charge >= 0.3 is 0 Å². The van der Waals surface area contributed by atoms with Gasteiger partial charge in [-0.05, 0) is 73.2 Å². The Kier molecular flexibility index (Phi) is 7.48. The normalized spacial score (nSPS) is 13.5. The number of fused-ring (bicyclic) bond motifs is 1. The van der Waals surface area contributed by atoms with Crippen molar-refractivity contribution in [2.24, 2.45) is 0 Å². The van der Waals surface area contributed by atoms with E-state index in [9.17, 15) is 19.7 Å². The Hall–Kier alpha value is -5.64. The van der Waals surface area contributed by atoms with Crippen molar-refractivity contribution in [1.82, 2.24) is 4.90 Å². The minimum atomic E-state index is -0.436. The van der Waals surface area contributed by atoms with Crippen molar-refractivity contribution >= 4 is 45.9 Å². The summed E-state index contributed by atoms with van der Waals surface area (Å²) in [7, 11) is 0. The monoisotopic (exact) mass is 576 g/mol. The van der Waals surface area contributed by atoms with Crippen molar-refractivity contribution in [3.63, 3.8) is 0 Å². The second-order valence-electron chi connectivity index (χ2n) is 10.3. The molecule has 6 rings (SSSR count). The second-order valence-corrected chi connectivity index (χ2v) is 10.3. The summed E-state index contributed by atoms with van der Waals surface area (Å²) in [5.41, 5.74) is 3.85. The summed E-state index contributed by atoms with van der Waals surface area (Å²) < 4.78 is 11.6. The van der Waals surface area contributed by atoms with Crippen molar-refractivity contribution in [2.45, 2.75) is 6.92 Å². The van der Waals surface area contributed by atoms with E-state index in [4.69, 9.17) is 8.83 Å². The maximum atomic E-state index is 13.0. The first-order valence-electron chi connectivity index (χ1n) is 13.8. The molecule has 0 spiro atoms. The van der Waals surface area contributed by atoms with Gasteiger partial charge in [-0.2, -0.15) is 0 Å². The molecule has 0 aliphatic carbocycles. The van der Waals surface area contributed by atoms with Crippen molar-refractivity contribution in [1.29, 1.82) is 0 Å². The average molecular weight is 577 g/mol. The fraction of sp³-hybridized carbons (Fsp3) is 0.152. The Morgan fingerprint density at radius 1 is 0.907 bits per heavy atom. The van der Waals surface area contributed by atoms with E-state index in [1.54, 1.807) is 37.3 Å². The van der Waals surface area contributed by atoms with Crippen LogP contribution in [0.5, 0.6) is 0 Å². The number of furan rings is 2. The fourth-order valence-corrected chi connectivity index (χ4v) is 5.13. The lowest BCUT2D eigenvalue weighted by molar-refractivity contribution is -0.384. The molecule has 0 atom stereocenters. The molecule has 5 aromatic rings. The molecule has 2 aromatic heterocycles. The predicted molar refractivity (Wildman–Crippen MR) is 164 cm³/mol. The number of rotatable bonds is 7. The van der Waals surface area contributed by atoms with E-state index in [0.29, 0.717) is 54.7 Å². The number of hydrogen-bond acceptors (Lipinski definition) is 7. The lowest BCUT2D eigenvalue weighted by Gasteiger charge is -2.35. The zero-order valence-electron chi connectivity index (χ0n) is 23.4. The van der Waals surface area contributed by atoms with E-state index in [-0.39, 0.29) is 17.5 Å². The van der Waals surface area contributed by atoms with Gasteiger partial charge in [0.15, 0.2) is 5.76 Å². The van der Waals surface area contributed by atoms with Crippen LogP contribution in [0.1, 0.15) is 21.9 Å². The first kappa shape index (κ1) is 27.5. The third-order valence-electron chi connectivity index (χ3n) is 7.42. The molecule has 1 fully saturated rings. The SMILES string of the molecule is Cc1cc([N+](=O)[O-])ccc1-c1ccc(/C=C/C(=O)Nc2ccc(N3CCN(C(=O)c4cc5ccccc5o4)CC3)cc2)o1. The van der Waals surface area contributed by atoms with Gasteiger partial charge in [-0.1, -0.05) is 18.2 Å². The van der Waals surface area contributed by atoms with Gasteiger partial charge in [0, 0.05) is 66.7 Å². The van der Waals surface area contributed by atoms with E-state index in [2.05, 4.69) is 10.2 Å². The van der Waals surface area contributed by atoms with Gasteiger partial charge in [-0.3, -0.25) is 19.7 Å². The molecule has 43 heavy (non-hydrogen) atoms. The highest BCUT2D eigenvalue weighted by atomic mass is 16.6. The number of para-hydroxylation sites is 1. The summed E-state index contributed by atoms with van der Waals surface area (Å²) in [5.74, 6) is 0.985. The van der Waals surface area contributed by atoms with Gasteiger partial charge in [0.25, 0.3) is 11.6 Å². The third kappa shape index (κ3) is 6.03. The van der Waals surface area contributed by atoms with Crippen LogP contribution in [0.4, 0.5) is 17.1 Å². The van der Waals surface area contributed by atoms with Crippen LogP contribution in [-0.4, -0.2) is 47.8 Å². The summed E-state index contributed by atoms with van der Waals surface area (Å²) >= 11 is 0. The third-order valence-corrected chi connectivity index (χ3v) is 7.42. The number of carbonyl (C=O) groups excluding carboxylic acids is 2. The molecule has 0 unspecified atom stereocenters. The summed E-state index contributed by atoms with van der Waals surface area (Å²) in [5, 5.41) is 14.7. The highest BCUT2D eigenvalue weighted by molar-refractivity contribution is 6.02. The number of hydrogen-bond donors (Lipinski definition) is 1. The van der Waals surface area contributed by atoms with E-state index < -0.39 is 4.92 Å². The maximum absolute atomic E-state index is 13.0. The van der Waals surface area contributed by atoms with Gasteiger partial charge in [-0.15, -0.1) is 0 Å². The number of nitrogens with one attached hydrogen (secondary N) is 1. The van der Waals surface area contributed by atoms with Crippen LogP contribution in [0.15, 0.2) is 99.8 Å². The highest BCUT2D eigenvalue weighted by Crippen LogP contribution is 2.29. The Morgan fingerprint density at radius 3 is 2.40 bits per heavy atom. The molecule has 3 aromatic carbocycles. The summed E-state index contributed by atoms with van der Waals surface area (Å²) in [6, 6.07) is 25.0. The number of nitro benzene ring substituents is 1. The number of non-ortho nitro benzene ring substituents is 1. The van der Waals surface area contributed by atoms with Crippen LogP contribution in [-0.2, 0) is 4.79 Å². The molecule has 1 saturated heterocycles. The van der Waals surface area contributed by atoms with E-state index in [1.807, 2.05) is 53.4 Å². The number of nitrogens with zero attached hydrogens (tertiary/aromatic N) is 3. The fourth-order valence-electron chi connectivity index (χ4n) is 5.13. The molecule has 10 heteroatoms. The van der Waals surface area contributed by atoms with Gasteiger partial charge < -0.3 is 24.0 Å². The standard InChI is InChI=1S/C33H28N4O6/c1-22-20-26(37(40)41)10-13-28(22)30-14-11-27(42-30)12-15-32(38)34-24-6-8-25(9-7-24)35-16-18-36(19-17-35)33(39)31-21-23-4-2-3-5-29(23)43-31/h2-15,20-21H,16-19H2,1H3,(H,34,38)/b15-12+. The molecule has 10 nitrogen and oxygen atoms in total. The smallest absolute Gasteiger partial charge is 0.289 e. The number of carbonyl (C=O) groups is 2. The number of piperazine rings is 1. The molecule has 0 saturated carbocycles. The van der Waals surface area contributed by atoms with Crippen LogP contribution >= 0.6 is 0 Å². The summed E-state index contributed by atoms with van der Waals surface area (Å²) in [6.45, 7) is 4.31. The summed E-state index contributed by atoms with van der Waals surface area (Å²) in [4.78, 5) is 40.0.